The molecule has 7 nitrogen and oxygen atoms in total. The molecule has 0 spiro atoms. The zero-order valence-corrected chi connectivity index (χ0v) is 23.9. The number of nitrogens with zero attached hydrogens (tertiary/aromatic N) is 2. The molecule has 3 aromatic rings. The quantitative estimate of drug-likeness (QED) is 0.371. The molecular weight excluding hydrogens is 502 g/mol. The second-order valence-corrected chi connectivity index (χ2v) is 10.2. The molecule has 0 aromatic heterocycles. The van der Waals surface area contributed by atoms with Crippen molar-refractivity contribution in [2.24, 2.45) is 0 Å². The summed E-state index contributed by atoms with van der Waals surface area (Å²) in [5.74, 6) is 1.17. The van der Waals surface area contributed by atoms with E-state index in [4.69, 9.17) is 9.47 Å². The summed E-state index contributed by atoms with van der Waals surface area (Å²) in [6, 6.07) is 21.4. The van der Waals surface area contributed by atoms with Gasteiger partial charge in [0.1, 0.15) is 0 Å². The van der Waals surface area contributed by atoms with E-state index < -0.39 is 6.04 Å². The average molecular weight is 540 g/mol. The Morgan fingerprint density at radius 2 is 1.60 bits per heavy atom. The van der Waals surface area contributed by atoms with Gasteiger partial charge in [-0.1, -0.05) is 30.3 Å². The number of nitrogens with one attached hydrogen (secondary N) is 1. The van der Waals surface area contributed by atoms with Gasteiger partial charge < -0.3 is 19.7 Å². The number of amides is 1. The minimum absolute atomic E-state index is 0.0328. The summed E-state index contributed by atoms with van der Waals surface area (Å²) in [5, 5.41) is 3.58. The zero-order chi connectivity index (χ0) is 28.4. The highest BCUT2D eigenvalue weighted by molar-refractivity contribution is 6.06. The molecular formula is C33H37N3O4. The van der Waals surface area contributed by atoms with Gasteiger partial charge in [0, 0.05) is 43.4 Å². The van der Waals surface area contributed by atoms with Crippen molar-refractivity contribution in [1.29, 1.82) is 0 Å². The van der Waals surface area contributed by atoms with Crippen LogP contribution in [-0.2, 0) is 9.59 Å². The van der Waals surface area contributed by atoms with Crippen molar-refractivity contribution in [3.63, 3.8) is 0 Å². The molecule has 2 atom stereocenters. The first-order chi connectivity index (χ1) is 19.4. The third-order valence-corrected chi connectivity index (χ3v) is 8.04. The lowest BCUT2D eigenvalue weighted by molar-refractivity contribution is -0.117. The molecule has 2 unspecified atom stereocenters. The lowest BCUT2D eigenvalue weighted by Crippen LogP contribution is -2.37. The Balaban J connectivity index is 1.63. The van der Waals surface area contributed by atoms with Crippen LogP contribution in [0, 0.1) is 0 Å². The van der Waals surface area contributed by atoms with Gasteiger partial charge in [-0.25, -0.2) is 0 Å². The first kappa shape index (κ1) is 27.3. The second kappa shape index (κ2) is 11.5. The molecule has 5 rings (SSSR count). The van der Waals surface area contributed by atoms with E-state index in [-0.39, 0.29) is 17.6 Å². The Labute approximate surface area is 236 Å². The van der Waals surface area contributed by atoms with Gasteiger partial charge in [0.25, 0.3) is 0 Å². The number of anilines is 3. The topological polar surface area (TPSA) is 71.1 Å². The smallest absolute Gasteiger partial charge is 0.224 e. The third kappa shape index (κ3) is 4.92. The molecule has 0 radical (unpaired) electrons. The Bertz CT molecular complexity index is 1440. The van der Waals surface area contributed by atoms with Crippen LogP contribution in [0.3, 0.4) is 0 Å². The highest BCUT2D eigenvalue weighted by atomic mass is 16.5. The maximum absolute atomic E-state index is 14.1. The van der Waals surface area contributed by atoms with Crippen LogP contribution in [0.15, 0.2) is 78.0 Å². The summed E-state index contributed by atoms with van der Waals surface area (Å²) in [6.07, 6.45) is 0.969. The van der Waals surface area contributed by atoms with Gasteiger partial charge in [-0.2, -0.15) is 0 Å². The maximum Gasteiger partial charge on any atom is 0.224 e. The van der Waals surface area contributed by atoms with Gasteiger partial charge in [-0.15, -0.1) is 0 Å². The van der Waals surface area contributed by atoms with Gasteiger partial charge >= 0.3 is 0 Å². The van der Waals surface area contributed by atoms with Crippen molar-refractivity contribution in [3.8, 4) is 11.5 Å². The molecule has 7 heteroatoms. The van der Waals surface area contributed by atoms with Crippen LogP contribution in [0.5, 0.6) is 11.5 Å². The minimum Gasteiger partial charge on any atom is -0.493 e. The predicted molar refractivity (Wildman–Crippen MR) is 160 cm³/mol. The lowest BCUT2D eigenvalue weighted by Gasteiger charge is -2.35. The van der Waals surface area contributed by atoms with E-state index in [1.807, 2.05) is 42.5 Å². The number of ketones is 1. The van der Waals surface area contributed by atoms with Crippen LogP contribution in [0.4, 0.5) is 17.1 Å². The van der Waals surface area contributed by atoms with Crippen molar-refractivity contribution >= 4 is 28.8 Å². The summed E-state index contributed by atoms with van der Waals surface area (Å²) < 4.78 is 11.0. The van der Waals surface area contributed by atoms with Crippen molar-refractivity contribution in [2.45, 2.75) is 45.6 Å². The molecule has 1 heterocycles. The standard InChI is InChI=1S/C33H37N3O4/c1-6-35(7-2)25-15-12-22(13-16-25)33-32-27(34-26-10-8-9-11-28(26)36(33)21(3)37)18-24(19-29(32)38)23-14-17-30(39-4)31(20-23)40-5/h8-17,20,24,33-34H,6-7,18-19H2,1-5H3. The van der Waals surface area contributed by atoms with Gasteiger partial charge in [0.05, 0.1) is 31.6 Å². The van der Waals surface area contributed by atoms with E-state index in [0.29, 0.717) is 29.9 Å². The number of hydrogen-bond donors (Lipinski definition) is 1. The van der Waals surface area contributed by atoms with Gasteiger partial charge in [-0.3, -0.25) is 14.5 Å². The minimum atomic E-state index is -0.534. The van der Waals surface area contributed by atoms with Gasteiger partial charge in [-0.05, 0) is 73.7 Å². The second-order valence-electron chi connectivity index (χ2n) is 10.2. The fourth-order valence-electron chi connectivity index (χ4n) is 6.05. The van der Waals surface area contributed by atoms with Crippen LogP contribution in [0.1, 0.15) is 56.7 Å². The summed E-state index contributed by atoms with van der Waals surface area (Å²) in [5.41, 5.74) is 6.12. The third-order valence-electron chi connectivity index (χ3n) is 8.04. The normalized spacial score (nSPS) is 18.3. The van der Waals surface area contributed by atoms with Crippen LogP contribution >= 0.6 is 0 Å². The first-order valence-electron chi connectivity index (χ1n) is 13.9. The number of allylic oxidation sites excluding steroid dienone is 1. The maximum atomic E-state index is 14.1. The molecule has 1 aliphatic heterocycles. The SMILES string of the molecule is CCN(CC)c1ccc(C2C3=C(CC(c4ccc(OC)c(OC)c4)CC3=O)Nc3ccccc3N2C(C)=O)cc1. The molecule has 208 valence electrons. The van der Waals surface area contributed by atoms with Crippen LogP contribution in [0.2, 0.25) is 0 Å². The number of rotatable bonds is 7. The Hall–Kier alpha value is -4.26. The molecule has 1 N–H and O–H groups in total. The monoisotopic (exact) mass is 539 g/mol. The molecule has 0 bridgehead atoms. The van der Waals surface area contributed by atoms with E-state index >= 15 is 0 Å². The van der Waals surface area contributed by atoms with Crippen LogP contribution in [-0.4, -0.2) is 39.0 Å². The average Bonchev–Trinajstić information content (AvgIpc) is 3.12. The number of fused-ring (bicyclic) bond motifs is 1. The van der Waals surface area contributed by atoms with Crippen molar-refractivity contribution in [3.05, 3.63) is 89.1 Å². The van der Waals surface area contributed by atoms with Crippen molar-refractivity contribution in [2.75, 3.05) is 42.4 Å². The van der Waals surface area contributed by atoms with Crippen LogP contribution < -0.4 is 24.6 Å². The predicted octanol–water partition coefficient (Wildman–Crippen LogP) is 6.47. The van der Waals surface area contributed by atoms with E-state index in [0.717, 1.165) is 47.0 Å². The zero-order valence-electron chi connectivity index (χ0n) is 23.9. The van der Waals surface area contributed by atoms with E-state index in [1.165, 1.54) is 0 Å². The van der Waals surface area contributed by atoms with Gasteiger partial charge in [0.15, 0.2) is 17.3 Å². The number of hydrogen-bond acceptors (Lipinski definition) is 6. The highest BCUT2D eigenvalue weighted by Gasteiger charge is 2.41. The summed E-state index contributed by atoms with van der Waals surface area (Å²) in [6.45, 7) is 7.65. The Morgan fingerprint density at radius 3 is 2.25 bits per heavy atom. The Morgan fingerprint density at radius 1 is 0.925 bits per heavy atom. The van der Waals surface area contributed by atoms with Gasteiger partial charge in [0.2, 0.25) is 5.91 Å². The molecule has 3 aromatic carbocycles. The van der Waals surface area contributed by atoms with E-state index in [1.54, 1.807) is 26.0 Å². The number of ether oxygens (including phenoxy) is 2. The van der Waals surface area contributed by atoms with Crippen LogP contribution in [0.25, 0.3) is 0 Å². The fourth-order valence-corrected chi connectivity index (χ4v) is 6.05. The van der Waals surface area contributed by atoms with E-state index in [9.17, 15) is 9.59 Å². The lowest BCUT2D eigenvalue weighted by atomic mass is 9.78. The number of para-hydroxylation sites is 2. The Kier molecular flexibility index (Phi) is 7.83. The molecule has 0 saturated carbocycles. The van der Waals surface area contributed by atoms with E-state index in [2.05, 4.69) is 48.3 Å². The van der Waals surface area contributed by atoms with Crippen molar-refractivity contribution in [1.82, 2.24) is 0 Å². The molecule has 2 aliphatic rings. The largest absolute Gasteiger partial charge is 0.493 e. The molecule has 1 amide bonds. The first-order valence-corrected chi connectivity index (χ1v) is 13.9. The van der Waals surface area contributed by atoms with Crippen molar-refractivity contribution < 1.29 is 19.1 Å². The molecule has 40 heavy (non-hydrogen) atoms. The molecule has 0 fully saturated rings. The molecule has 1 aliphatic carbocycles. The summed E-state index contributed by atoms with van der Waals surface area (Å²) in [7, 11) is 3.23. The fraction of sp³-hybridized carbons (Fsp3) is 0.333. The highest BCUT2D eigenvalue weighted by Crippen LogP contribution is 2.48. The number of carbonyl (C=O) groups is 2. The number of benzene rings is 3. The number of Topliss-reactive ketones (excluding diaryl/α,β-unsaturated/α-hetero) is 1. The summed E-state index contributed by atoms with van der Waals surface area (Å²) in [4.78, 5) is 31.5. The molecule has 0 saturated heterocycles. The summed E-state index contributed by atoms with van der Waals surface area (Å²) >= 11 is 0. The number of carbonyl (C=O) groups excluding carboxylic acids is 2. The number of methoxy groups -OCH3 is 2.